The lowest BCUT2D eigenvalue weighted by Crippen LogP contribution is -2.48. The highest BCUT2D eigenvalue weighted by Gasteiger charge is 2.20. The van der Waals surface area contributed by atoms with Crippen molar-refractivity contribution < 1.29 is 28.8 Å². The van der Waals surface area contributed by atoms with Crippen LogP contribution in [0.25, 0.3) is 0 Å². The van der Waals surface area contributed by atoms with Gasteiger partial charge in [0.15, 0.2) is 0 Å². The van der Waals surface area contributed by atoms with Crippen LogP contribution in [0.1, 0.15) is 13.8 Å². The van der Waals surface area contributed by atoms with E-state index in [4.69, 9.17) is 0 Å². The van der Waals surface area contributed by atoms with Crippen molar-refractivity contribution in [3.63, 3.8) is 0 Å². The van der Waals surface area contributed by atoms with E-state index in [9.17, 15) is 28.8 Å². The molecule has 0 saturated heterocycles. The fraction of sp³-hybridized carbons (Fsp3) is 0.700. The number of likely N-dealkylation sites (N-methyl/N-ethyl adjacent to an activating group) is 6. The Balaban J connectivity index is 4.41. The van der Waals surface area contributed by atoms with Gasteiger partial charge in [-0.05, 0) is 13.5 Å². The SMILES string of the molecule is CCNCC(=O)N(C)CC(=O)N(C)CC(=O)NCC(=O)N(C)CC(=O)N(C)CC(=O)NCC. The number of rotatable bonds is 14. The van der Waals surface area contributed by atoms with Gasteiger partial charge in [-0.1, -0.05) is 6.92 Å². The Morgan fingerprint density at radius 2 is 0.909 bits per heavy atom. The zero-order chi connectivity index (χ0) is 25.6. The zero-order valence-corrected chi connectivity index (χ0v) is 20.4. The molecule has 3 N–H and O–H groups in total. The highest BCUT2D eigenvalue weighted by Crippen LogP contribution is 1.93. The van der Waals surface area contributed by atoms with Gasteiger partial charge in [-0.3, -0.25) is 28.8 Å². The minimum Gasteiger partial charge on any atom is -0.355 e. The summed E-state index contributed by atoms with van der Waals surface area (Å²) in [6.07, 6.45) is 0. The van der Waals surface area contributed by atoms with Crippen molar-refractivity contribution in [2.75, 3.05) is 80.5 Å². The predicted molar refractivity (Wildman–Crippen MR) is 121 cm³/mol. The van der Waals surface area contributed by atoms with Crippen molar-refractivity contribution in [3.05, 3.63) is 0 Å². The van der Waals surface area contributed by atoms with Crippen molar-refractivity contribution in [3.8, 4) is 0 Å². The molecule has 0 bridgehead atoms. The van der Waals surface area contributed by atoms with Crippen molar-refractivity contribution in [2.24, 2.45) is 0 Å². The van der Waals surface area contributed by atoms with E-state index in [1.165, 1.54) is 38.0 Å². The van der Waals surface area contributed by atoms with Gasteiger partial charge in [0.05, 0.1) is 39.3 Å². The van der Waals surface area contributed by atoms with Crippen LogP contribution in [0.3, 0.4) is 0 Å². The molecule has 13 nitrogen and oxygen atoms in total. The van der Waals surface area contributed by atoms with E-state index in [1.807, 2.05) is 6.92 Å². The molecule has 188 valence electrons. The number of carbonyl (C=O) groups is 6. The number of nitrogens with zero attached hydrogens (tertiary/aromatic N) is 4. The Bertz CT molecular complexity index is 715. The summed E-state index contributed by atoms with van der Waals surface area (Å²) in [5.41, 5.74) is 0. The first-order chi connectivity index (χ1) is 15.4. The minimum atomic E-state index is -0.561. The van der Waals surface area contributed by atoms with E-state index in [0.29, 0.717) is 13.1 Å². The van der Waals surface area contributed by atoms with E-state index in [1.54, 1.807) is 6.92 Å². The summed E-state index contributed by atoms with van der Waals surface area (Å²) >= 11 is 0. The lowest BCUT2D eigenvalue weighted by atomic mass is 10.4. The van der Waals surface area contributed by atoms with Gasteiger partial charge >= 0.3 is 0 Å². The van der Waals surface area contributed by atoms with Crippen LogP contribution in [-0.2, 0) is 28.8 Å². The first-order valence-electron chi connectivity index (χ1n) is 10.6. The summed E-state index contributed by atoms with van der Waals surface area (Å²) < 4.78 is 0. The van der Waals surface area contributed by atoms with Crippen LogP contribution in [0.2, 0.25) is 0 Å². The van der Waals surface area contributed by atoms with Crippen molar-refractivity contribution in [1.29, 1.82) is 0 Å². The van der Waals surface area contributed by atoms with E-state index < -0.39 is 23.6 Å². The van der Waals surface area contributed by atoms with E-state index in [0.717, 1.165) is 9.80 Å². The molecule has 0 aromatic rings. The average Bonchev–Trinajstić information content (AvgIpc) is 2.75. The quantitative estimate of drug-likeness (QED) is 0.240. The lowest BCUT2D eigenvalue weighted by molar-refractivity contribution is -0.141. The van der Waals surface area contributed by atoms with Crippen LogP contribution in [0.15, 0.2) is 0 Å². The van der Waals surface area contributed by atoms with Gasteiger partial charge < -0.3 is 35.6 Å². The van der Waals surface area contributed by atoms with Crippen molar-refractivity contribution in [2.45, 2.75) is 13.8 Å². The van der Waals surface area contributed by atoms with Crippen LogP contribution in [0, 0.1) is 0 Å². The first kappa shape index (κ1) is 29.8. The summed E-state index contributed by atoms with van der Waals surface area (Å²) in [5, 5.41) is 7.85. The number of hydrogen-bond donors (Lipinski definition) is 3. The molecule has 0 radical (unpaired) electrons. The summed E-state index contributed by atoms with van der Waals surface area (Å²) in [4.78, 5) is 76.7. The number of nitrogens with one attached hydrogen (secondary N) is 3. The molecule has 0 heterocycles. The standard InChI is InChI=1S/C20H37N7O6/c1-7-21-9-17(30)26(5)13-19(32)25(4)12-16(29)23-10-18(31)27(6)14-20(33)24(3)11-15(28)22-8-2/h21H,7-14H2,1-6H3,(H,22,28)(H,23,29). The van der Waals surface area contributed by atoms with Gasteiger partial charge in [0, 0.05) is 34.7 Å². The van der Waals surface area contributed by atoms with E-state index in [2.05, 4.69) is 16.0 Å². The first-order valence-corrected chi connectivity index (χ1v) is 10.6. The largest absolute Gasteiger partial charge is 0.355 e. The second kappa shape index (κ2) is 15.6. The van der Waals surface area contributed by atoms with Gasteiger partial charge in [-0.2, -0.15) is 0 Å². The van der Waals surface area contributed by atoms with Crippen LogP contribution < -0.4 is 16.0 Å². The maximum absolute atomic E-state index is 12.2. The highest BCUT2D eigenvalue weighted by molar-refractivity contribution is 5.91. The van der Waals surface area contributed by atoms with Crippen LogP contribution in [0.5, 0.6) is 0 Å². The average molecular weight is 472 g/mol. The zero-order valence-electron chi connectivity index (χ0n) is 20.4. The Hall–Kier alpha value is -3.22. The van der Waals surface area contributed by atoms with Crippen LogP contribution in [0.4, 0.5) is 0 Å². The van der Waals surface area contributed by atoms with E-state index >= 15 is 0 Å². The van der Waals surface area contributed by atoms with Crippen LogP contribution in [-0.4, -0.2) is 136 Å². The number of amides is 6. The summed E-state index contributed by atoms with van der Waals surface area (Å²) in [7, 11) is 5.77. The van der Waals surface area contributed by atoms with Gasteiger partial charge in [0.2, 0.25) is 35.4 Å². The topological polar surface area (TPSA) is 151 Å². The van der Waals surface area contributed by atoms with Crippen LogP contribution >= 0.6 is 0 Å². The molecule has 0 saturated carbocycles. The normalized spacial score (nSPS) is 10.1. The molecule has 13 heteroatoms. The molecular formula is C20H37N7O6. The number of hydrogen-bond acceptors (Lipinski definition) is 7. The Morgan fingerprint density at radius 3 is 1.33 bits per heavy atom. The molecule has 0 aliphatic rings. The van der Waals surface area contributed by atoms with Crippen molar-refractivity contribution >= 4 is 35.4 Å². The van der Waals surface area contributed by atoms with Gasteiger partial charge in [-0.25, -0.2) is 0 Å². The molecule has 0 unspecified atom stereocenters. The monoisotopic (exact) mass is 471 g/mol. The van der Waals surface area contributed by atoms with Gasteiger partial charge in [0.1, 0.15) is 0 Å². The third kappa shape index (κ3) is 12.4. The third-order valence-electron chi connectivity index (χ3n) is 4.55. The molecule has 0 aromatic heterocycles. The van der Waals surface area contributed by atoms with E-state index in [-0.39, 0.29) is 51.1 Å². The Labute approximate surface area is 194 Å². The summed E-state index contributed by atoms with van der Waals surface area (Å²) in [6, 6.07) is 0. The fourth-order valence-electron chi connectivity index (χ4n) is 2.42. The maximum Gasteiger partial charge on any atom is 0.242 e. The molecule has 0 atom stereocenters. The molecule has 6 amide bonds. The molecule has 0 aliphatic heterocycles. The molecule has 0 aliphatic carbocycles. The maximum atomic E-state index is 12.2. The van der Waals surface area contributed by atoms with Crippen molar-refractivity contribution in [1.82, 2.24) is 35.6 Å². The third-order valence-corrected chi connectivity index (χ3v) is 4.55. The Kier molecular flexibility index (Phi) is 14.0. The molecular weight excluding hydrogens is 434 g/mol. The second-order valence-electron chi connectivity index (χ2n) is 7.51. The molecule has 33 heavy (non-hydrogen) atoms. The number of carbonyl (C=O) groups excluding carboxylic acids is 6. The smallest absolute Gasteiger partial charge is 0.242 e. The molecule has 0 aromatic carbocycles. The van der Waals surface area contributed by atoms with Gasteiger partial charge in [-0.15, -0.1) is 0 Å². The molecule has 0 fully saturated rings. The summed E-state index contributed by atoms with van der Waals surface area (Å²) in [6.45, 7) is 3.61. The second-order valence-corrected chi connectivity index (χ2v) is 7.51. The fourth-order valence-corrected chi connectivity index (χ4v) is 2.42. The Morgan fingerprint density at radius 1 is 0.515 bits per heavy atom. The van der Waals surface area contributed by atoms with Gasteiger partial charge in [0.25, 0.3) is 0 Å². The highest BCUT2D eigenvalue weighted by atomic mass is 16.2. The minimum absolute atomic E-state index is 0.115. The molecule has 0 rings (SSSR count). The summed E-state index contributed by atoms with van der Waals surface area (Å²) in [5.74, 6) is -2.48. The lowest BCUT2D eigenvalue weighted by Gasteiger charge is -2.23. The predicted octanol–water partition coefficient (Wildman–Crippen LogP) is -3.32. The molecule has 0 spiro atoms.